The highest BCUT2D eigenvalue weighted by Gasteiger charge is 2.37. The molecular formula is C56H45NO. The summed E-state index contributed by atoms with van der Waals surface area (Å²) in [5, 5.41) is 2.29. The third-order valence-corrected chi connectivity index (χ3v) is 12.9. The molecule has 0 N–H and O–H groups in total. The average molecular weight is 748 g/mol. The van der Waals surface area contributed by atoms with Crippen molar-refractivity contribution in [3.63, 3.8) is 0 Å². The Morgan fingerprint density at radius 2 is 1.12 bits per heavy atom. The number of hydrogen-bond acceptors (Lipinski definition) is 2. The van der Waals surface area contributed by atoms with Gasteiger partial charge in [-0.25, -0.2) is 0 Å². The van der Waals surface area contributed by atoms with E-state index in [4.69, 9.17) is 4.42 Å². The minimum Gasteiger partial charge on any atom is -0.456 e. The predicted octanol–water partition coefficient (Wildman–Crippen LogP) is 15.6. The largest absolute Gasteiger partial charge is 0.456 e. The van der Waals surface area contributed by atoms with E-state index in [-0.39, 0.29) is 5.41 Å². The lowest BCUT2D eigenvalue weighted by molar-refractivity contribution is 0.660. The Hall–Kier alpha value is -6.64. The number of para-hydroxylation sites is 1. The first-order chi connectivity index (χ1) is 28.5. The molecule has 2 aliphatic carbocycles. The van der Waals surface area contributed by atoms with Gasteiger partial charge in [0.2, 0.25) is 0 Å². The van der Waals surface area contributed by atoms with Crippen LogP contribution in [0.2, 0.25) is 0 Å². The van der Waals surface area contributed by atoms with Gasteiger partial charge < -0.3 is 9.32 Å². The smallest absolute Gasteiger partial charge is 0.136 e. The third-order valence-electron chi connectivity index (χ3n) is 12.9. The van der Waals surface area contributed by atoms with Crippen LogP contribution < -0.4 is 4.90 Å². The molecule has 0 atom stereocenters. The summed E-state index contributed by atoms with van der Waals surface area (Å²) in [6.07, 6.45) is 6.00. The van der Waals surface area contributed by atoms with E-state index < -0.39 is 0 Å². The zero-order valence-corrected chi connectivity index (χ0v) is 33.1. The van der Waals surface area contributed by atoms with Gasteiger partial charge in [-0.2, -0.15) is 0 Å². The number of anilines is 3. The van der Waals surface area contributed by atoms with Crippen LogP contribution in [0.25, 0.3) is 66.4 Å². The van der Waals surface area contributed by atoms with Gasteiger partial charge in [0.05, 0.1) is 5.69 Å². The maximum atomic E-state index is 6.38. The maximum Gasteiger partial charge on any atom is 0.136 e. The fraction of sp³-hybridized carbons (Fsp3) is 0.143. The second kappa shape index (κ2) is 13.8. The Morgan fingerprint density at radius 1 is 0.431 bits per heavy atom. The van der Waals surface area contributed by atoms with Crippen molar-refractivity contribution in [2.75, 3.05) is 4.90 Å². The molecule has 0 radical (unpaired) electrons. The average Bonchev–Trinajstić information content (AvgIpc) is 3.61. The van der Waals surface area contributed by atoms with Crippen LogP contribution in [0.5, 0.6) is 0 Å². The number of furan rings is 1. The van der Waals surface area contributed by atoms with Crippen molar-refractivity contribution in [3.05, 3.63) is 198 Å². The third kappa shape index (κ3) is 5.70. The fourth-order valence-corrected chi connectivity index (χ4v) is 9.94. The Bertz CT molecular complexity index is 3000. The summed E-state index contributed by atoms with van der Waals surface area (Å²) >= 11 is 0. The molecular weight excluding hydrogens is 703 g/mol. The van der Waals surface area contributed by atoms with Crippen LogP contribution in [0.4, 0.5) is 17.1 Å². The van der Waals surface area contributed by atoms with Crippen molar-refractivity contribution in [1.29, 1.82) is 0 Å². The number of rotatable bonds is 6. The Labute approximate surface area is 341 Å². The molecule has 2 aliphatic rings. The summed E-state index contributed by atoms with van der Waals surface area (Å²) in [6.45, 7) is 4.78. The molecule has 0 unspecified atom stereocenters. The van der Waals surface area contributed by atoms with Crippen molar-refractivity contribution >= 4 is 39.0 Å². The van der Waals surface area contributed by atoms with Crippen LogP contribution in [0.3, 0.4) is 0 Å². The first-order valence-electron chi connectivity index (χ1n) is 20.9. The van der Waals surface area contributed by atoms with Gasteiger partial charge in [-0.05, 0) is 141 Å². The molecule has 0 saturated carbocycles. The van der Waals surface area contributed by atoms with E-state index in [9.17, 15) is 0 Å². The van der Waals surface area contributed by atoms with Crippen LogP contribution in [0.15, 0.2) is 180 Å². The fourth-order valence-electron chi connectivity index (χ4n) is 9.94. The standard InChI is InChI=1S/C56H45NO/c1-56(2)51-25-11-9-22-46(51)49-35-50(45-24-14-18-39-17-7-4-8-21-44(39)45)53(36-52(49)56)57(42-30-27-38(28-31-42)37-15-5-3-6-16-37)43-20-13-19-40(33-43)41-29-32-48-47-23-10-12-26-54(47)58-55(48)34-41/h3,5-6,9-16,18-20,22-36H,4,7-8,17,21H2,1-2H3. The highest BCUT2D eigenvalue weighted by Crippen LogP contribution is 2.54. The van der Waals surface area contributed by atoms with Crippen molar-refractivity contribution in [1.82, 2.24) is 0 Å². The molecule has 1 heterocycles. The summed E-state index contributed by atoms with van der Waals surface area (Å²) in [4.78, 5) is 2.52. The second-order valence-corrected chi connectivity index (χ2v) is 16.7. The van der Waals surface area contributed by atoms with E-state index in [2.05, 4.69) is 189 Å². The zero-order valence-electron chi connectivity index (χ0n) is 33.1. The highest BCUT2D eigenvalue weighted by molar-refractivity contribution is 6.06. The summed E-state index contributed by atoms with van der Waals surface area (Å²) < 4.78 is 6.38. The first-order valence-corrected chi connectivity index (χ1v) is 20.9. The van der Waals surface area contributed by atoms with E-state index in [1.54, 1.807) is 0 Å². The van der Waals surface area contributed by atoms with Crippen LogP contribution in [-0.2, 0) is 18.3 Å². The minimum absolute atomic E-state index is 0.153. The van der Waals surface area contributed by atoms with Crippen molar-refractivity contribution in [2.24, 2.45) is 0 Å². The molecule has 9 aromatic rings. The molecule has 2 nitrogen and oxygen atoms in total. The number of benzene rings is 8. The number of aryl methyl sites for hydroxylation is 1. The second-order valence-electron chi connectivity index (χ2n) is 16.7. The molecule has 0 fully saturated rings. The molecule has 280 valence electrons. The monoisotopic (exact) mass is 747 g/mol. The number of hydrogen-bond donors (Lipinski definition) is 0. The molecule has 0 bridgehead atoms. The number of fused-ring (bicyclic) bond motifs is 7. The van der Waals surface area contributed by atoms with Crippen molar-refractivity contribution in [3.8, 4) is 44.5 Å². The van der Waals surface area contributed by atoms with Crippen LogP contribution in [0.1, 0.15) is 55.4 Å². The Balaban J connectivity index is 1.15. The first kappa shape index (κ1) is 34.6. The van der Waals surface area contributed by atoms with Crippen LogP contribution in [-0.4, -0.2) is 0 Å². The molecule has 11 rings (SSSR count). The Kier molecular flexibility index (Phi) is 8.22. The topological polar surface area (TPSA) is 16.4 Å². The summed E-state index contributed by atoms with van der Waals surface area (Å²) in [6, 6.07) is 65.0. The van der Waals surface area contributed by atoms with Gasteiger partial charge in [0.15, 0.2) is 0 Å². The van der Waals surface area contributed by atoms with Gasteiger partial charge in [-0.1, -0.05) is 142 Å². The van der Waals surface area contributed by atoms with Crippen molar-refractivity contribution in [2.45, 2.75) is 51.4 Å². The lowest BCUT2D eigenvalue weighted by atomic mass is 9.81. The van der Waals surface area contributed by atoms with Gasteiger partial charge in [0.25, 0.3) is 0 Å². The molecule has 0 spiro atoms. The summed E-state index contributed by atoms with van der Waals surface area (Å²) in [5.74, 6) is 0. The van der Waals surface area contributed by atoms with Gasteiger partial charge in [0, 0.05) is 33.1 Å². The van der Waals surface area contributed by atoms with Crippen LogP contribution in [0, 0.1) is 0 Å². The maximum absolute atomic E-state index is 6.38. The molecule has 58 heavy (non-hydrogen) atoms. The summed E-state index contributed by atoms with van der Waals surface area (Å²) in [7, 11) is 0. The number of nitrogens with zero attached hydrogens (tertiary/aromatic N) is 1. The van der Waals surface area contributed by atoms with Gasteiger partial charge in [0.1, 0.15) is 11.2 Å². The Morgan fingerprint density at radius 3 is 2.02 bits per heavy atom. The molecule has 0 saturated heterocycles. The van der Waals surface area contributed by atoms with Crippen LogP contribution >= 0.6 is 0 Å². The molecule has 0 aliphatic heterocycles. The minimum atomic E-state index is -0.153. The molecule has 8 aromatic carbocycles. The predicted molar refractivity (Wildman–Crippen MR) is 244 cm³/mol. The lowest BCUT2D eigenvalue weighted by Crippen LogP contribution is -2.17. The zero-order chi connectivity index (χ0) is 38.8. The highest BCUT2D eigenvalue weighted by atomic mass is 16.3. The van der Waals surface area contributed by atoms with Crippen molar-refractivity contribution < 1.29 is 4.42 Å². The van der Waals surface area contributed by atoms with E-state index in [1.165, 1.54) is 80.6 Å². The van der Waals surface area contributed by atoms with Gasteiger partial charge in [-0.15, -0.1) is 0 Å². The molecule has 0 amide bonds. The van der Waals surface area contributed by atoms with E-state index in [0.29, 0.717) is 0 Å². The quantitative estimate of drug-likeness (QED) is 0.158. The van der Waals surface area contributed by atoms with Gasteiger partial charge >= 0.3 is 0 Å². The summed E-state index contributed by atoms with van der Waals surface area (Å²) in [5.41, 5.74) is 20.9. The van der Waals surface area contributed by atoms with E-state index in [1.807, 2.05) is 6.07 Å². The molecule has 1 aromatic heterocycles. The normalized spacial score (nSPS) is 14.2. The van der Waals surface area contributed by atoms with E-state index >= 15 is 0 Å². The lowest BCUT2D eigenvalue weighted by Gasteiger charge is -2.31. The molecule has 2 heteroatoms. The van der Waals surface area contributed by atoms with E-state index in [0.717, 1.165) is 57.3 Å². The van der Waals surface area contributed by atoms with Gasteiger partial charge in [-0.3, -0.25) is 0 Å². The SMILES string of the molecule is CC1(C)c2ccccc2-c2cc(-c3cccc4c3CCCCC4)c(N(c3ccc(-c4ccccc4)cc3)c3cccc(-c4ccc5c(c4)oc4ccccc45)c3)cc21.